The molecule has 6 rings (SSSR count). The summed E-state index contributed by atoms with van der Waals surface area (Å²) in [7, 11) is 0. The molecular weight excluding hydrogens is 438 g/mol. The Bertz CT molecular complexity index is 1160. The SMILES string of the molecule is CC(C)N1CCN(c2ccc(-c3ccc4c(c3)OCc3nc(CN5CCOCC5)cn3-4)cc2)CC1. The number of fused-ring (bicyclic) bond motifs is 3. The van der Waals surface area contributed by atoms with Gasteiger partial charge in [0.15, 0.2) is 5.82 Å². The van der Waals surface area contributed by atoms with Crippen LogP contribution in [-0.4, -0.2) is 77.9 Å². The number of benzene rings is 2. The number of imidazole rings is 1. The smallest absolute Gasteiger partial charge is 0.151 e. The van der Waals surface area contributed by atoms with Crippen molar-refractivity contribution in [2.45, 2.75) is 33.0 Å². The second-order valence-electron chi connectivity index (χ2n) is 10.0. The fraction of sp³-hybridized carbons (Fsp3) is 0.464. The summed E-state index contributed by atoms with van der Waals surface area (Å²) in [5.41, 5.74) is 5.85. The van der Waals surface area contributed by atoms with Crippen LogP contribution in [0, 0.1) is 0 Å². The van der Waals surface area contributed by atoms with Crippen LogP contribution in [0.2, 0.25) is 0 Å². The maximum Gasteiger partial charge on any atom is 0.151 e. The van der Waals surface area contributed by atoms with E-state index in [2.05, 4.69) is 81.8 Å². The van der Waals surface area contributed by atoms with E-state index in [0.717, 1.165) is 82.0 Å². The van der Waals surface area contributed by atoms with E-state index in [1.807, 2.05) is 0 Å². The van der Waals surface area contributed by atoms with Gasteiger partial charge in [-0.2, -0.15) is 0 Å². The van der Waals surface area contributed by atoms with Gasteiger partial charge in [0.25, 0.3) is 0 Å². The number of rotatable bonds is 5. The lowest BCUT2D eigenvalue weighted by atomic mass is 10.0. The number of anilines is 1. The largest absolute Gasteiger partial charge is 0.483 e. The number of ether oxygens (including phenoxy) is 2. The summed E-state index contributed by atoms with van der Waals surface area (Å²) < 4.78 is 13.8. The van der Waals surface area contributed by atoms with Crippen molar-refractivity contribution in [1.82, 2.24) is 19.4 Å². The number of aromatic nitrogens is 2. The Labute approximate surface area is 207 Å². The summed E-state index contributed by atoms with van der Waals surface area (Å²) in [6, 6.07) is 16.1. The normalized spacial score (nSPS) is 18.9. The Morgan fingerprint density at radius 1 is 0.886 bits per heavy atom. The van der Waals surface area contributed by atoms with Gasteiger partial charge in [-0.15, -0.1) is 0 Å². The number of morpholine rings is 1. The monoisotopic (exact) mass is 473 g/mol. The Hall–Kier alpha value is -2.87. The molecule has 3 aromatic rings. The molecule has 0 spiro atoms. The van der Waals surface area contributed by atoms with Crippen molar-refractivity contribution in [2.75, 3.05) is 57.4 Å². The molecule has 184 valence electrons. The van der Waals surface area contributed by atoms with Gasteiger partial charge in [-0.05, 0) is 49.2 Å². The minimum absolute atomic E-state index is 0.501. The molecule has 2 fully saturated rings. The molecule has 0 atom stereocenters. The van der Waals surface area contributed by atoms with Crippen molar-refractivity contribution in [1.29, 1.82) is 0 Å². The summed E-state index contributed by atoms with van der Waals surface area (Å²) >= 11 is 0. The van der Waals surface area contributed by atoms with Crippen molar-refractivity contribution < 1.29 is 9.47 Å². The second kappa shape index (κ2) is 9.64. The molecule has 3 aliphatic heterocycles. The molecule has 35 heavy (non-hydrogen) atoms. The molecule has 0 N–H and O–H groups in total. The van der Waals surface area contributed by atoms with Crippen molar-refractivity contribution in [3.05, 3.63) is 60.2 Å². The number of hydrogen-bond donors (Lipinski definition) is 0. The average Bonchev–Trinajstić information content (AvgIpc) is 3.32. The summed E-state index contributed by atoms with van der Waals surface area (Å²) in [5, 5.41) is 0. The average molecular weight is 474 g/mol. The molecule has 7 heteroatoms. The Morgan fingerprint density at radius 3 is 2.37 bits per heavy atom. The first kappa shape index (κ1) is 22.6. The van der Waals surface area contributed by atoms with Crippen LogP contribution < -0.4 is 9.64 Å². The maximum atomic E-state index is 6.13. The Morgan fingerprint density at radius 2 is 1.63 bits per heavy atom. The lowest BCUT2D eigenvalue weighted by molar-refractivity contribution is 0.0337. The second-order valence-corrected chi connectivity index (χ2v) is 10.0. The van der Waals surface area contributed by atoms with Crippen LogP contribution in [0.25, 0.3) is 16.8 Å². The first-order valence-corrected chi connectivity index (χ1v) is 12.9. The van der Waals surface area contributed by atoms with Gasteiger partial charge >= 0.3 is 0 Å². The highest BCUT2D eigenvalue weighted by molar-refractivity contribution is 5.70. The first-order chi connectivity index (χ1) is 17.1. The quantitative estimate of drug-likeness (QED) is 0.562. The van der Waals surface area contributed by atoms with Gasteiger partial charge in [-0.1, -0.05) is 18.2 Å². The molecule has 1 aromatic heterocycles. The van der Waals surface area contributed by atoms with Gasteiger partial charge in [-0.3, -0.25) is 14.4 Å². The lowest BCUT2D eigenvalue weighted by Gasteiger charge is -2.38. The summed E-state index contributed by atoms with van der Waals surface area (Å²) in [5.74, 6) is 1.88. The van der Waals surface area contributed by atoms with Crippen molar-refractivity contribution in [3.63, 3.8) is 0 Å². The molecule has 7 nitrogen and oxygen atoms in total. The van der Waals surface area contributed by atoms with Gasteiger partial charge in [0.1, 0.15) is 12.4 Å². The molecule has 0 unspecified atom stereocenters. The fourth-order valence-electron chi connectivity index (χ4n) is 5.36. The standard InChI is InChI=1S/C28H35N5O2/c1-21(2)31-9-11-32(12-10-31)25-6-3-22(4-7-25)23-5-8-26-27(17-23)35-20-28-29-24(19-33(26)28)18-30-13-15-34-16-14-30/h3-8,17,19,21H,9-16,18,20H2,1-2H3. The van der Waals surface area contributed by atoms with E-state index in [0.29, 0.717) is 12.6 Å². The zero-order chi connectivity index (χ0) is 23.8. The molecule has 0 radical (unpaired) electrons. The van der Waals surface area contributed by atoms with Gasteiger partial charge in [-0.25, -0.2) is 4.98 Å². The predicted molar refractivity (Wildman–Crippen MR) is 138 cm³/mol. The van der Waals surface area contributed by atoms with Gasteiger partial charge in [0.05, 0.1) is 24.6 Å². The van der Waals surface area contributed by atoms with E-state index in [9.17, 15) is 0 Å². The number of piperazine rings is 1. The maximum absolute atomic E-state index is 6.13. The van der Waals surface area contributed by atoms with Gasteiger partial charge < -0.3 is 14.4 Å². The third kappa shape index (κ3) is 4.68. The highest BCUT2D eigenvalue weighted by atomic mass is 16.5. The first-order valence-electron chi connectivity index (χ1n) is 12.9. The third-order valence-corrected chi connectivity index (χ3v) is 7.50. The highest BCUT2D eigenvalue weighted by Gasteiger charge is 2.22. The Balaban J connectivity index is 1.16. The molecule has 3 aliphatic rings. The van der Waals surface area contributed by atoms with E-state index in [1.165, 1.54) is 16.8 Å². The van der Waals surface area contributed by atoms with Crippen LogP contribution >= 0.6 is 0 Å². The van der Waals surface area contributed by atoms with E-state index >= 15 is 0 Å². The topological polar surface area (TPSA) is 46.0 Å². The van der Waals surface area contributed by atoms with Crippen molar-refractivity contribution in [3.8, 4) is 22.6 Å². The molecule has 0 bridgehead atoms. The molecular formula is C28H35N5O2. The Kier molecular flexibility index (Phi) is 6.22. The van der Waals surface area contributed by atoms with Crippen molar-refractivity contribution >= 4 is 5.69 Å². The van der Waals surface area contributed by atoms with Gasteiger partial charge in [0.2, 0.25) is 0 Å². The van der Waals surface area contributed by atoms with Crippen molar-refractivity contribution in [2.24, 2.45) is 0 Å². The van der Waals surface area contributed by atoms with E-state index in [-0.39, 0.29) is 0 Å². The minimum atomic E-state index is 0.501. The van der Waals surface area contributed by atoms with Crippen LogP contribution in [0.15, 0.2) is 48.7 Å². The summed E-state index contributed by atoms with van der Waals surface area (Å²) in [6.45, 7) is 13.9. The molecule has 0 aliphatic carbocycles. The van der Waals surface area contributed by atoms with Crippen LogP contribution in [-0.2, 0) is 17.9 Å². The molecule has 2 saturated heterocycles. The highest BCUT2D eigenvalue weighted by Crippen LogP contribution is 2.35. The predicted octanol–water partition coefficient (Wildman–Crippen LogP) is 3.79. The molecule has 4 heterocycles. The van der Waals surface area contributed by atoms with Crippen LogP contribution in [0.4, 0.5) is 5.69 Å². The minimum Gasteiger partial charge on any atom is -0.483 e. The summed E-state index contributed by atoms with van der Waals surface area (Å²) in [4.78, 5) is 12.3. The fourth-order valence-corrected chi connectivity index (χ4v) is 5.36. The number of nitrogens with zero attached hydrogens (tertiary/aromatic N) is 5. The van der Waals surface area contributed by atoms with Crippen LogP contribution in [0.1, 0.15) is 25.4 Å². The zero-order valence-electron chi connectivity index (χ0n) is 20.8. The zero-order valence-corrected chi connectivity index (χ0v) is 20.8. The van der Waals surface area contributed by atoms with Crippen LogP contribution in [0.5, 0.6) is 5.75 Å². The molecule has 0 amide bonds. The van der Waals surface area contributed by atoms with Gasteiger partial charge in [0, 0.05) is 63.7 Å². The third-order valence-electron chi connectivity index (χ3n) is 7.50. The summed E-state index contributed by atoms with van der Waals surface area (Å²) in [6.07, 6.45) is 2.17. The van der Waals surface area contributed by atoms with Crippen LogP contribution in [0.3, 0.4) is 0 Å². The lowest BCUT2D eigenvalue weighted by Crippen LogP contribution is -2.48. The van der Waals surface area contributed by atoms with E-state index in [4.69, 9.17) is 14.5 Å². The van der Waals surface area contributed by atoms with E-state index < -0.39 is 0 Å². The molecule has 0 saturated carbocycles. The van der Waals surface area contributed by atoms with E-state index in [1.54, 1.807) is 0 Å². The molecule has 2 aromatic carbocycles. The number of hydrogen-bond acceptors (Lipinski definition) is 6.